The van der Waals surface area contributed by atoms with Gasteiger partial charge in [-0.3, -0.25) is 4.79 Å². The third-order valence-corrected chi connectivity index (χ3v) is 0.944. The van der Waals surface area contributed by atoms with Crippen molar-refractivity contribution >= 4 is 11.8 Å². The second kappa shape index (κ2) is 4.73. The highest BCUT2D eigenvalue weighted by Crippen LogP contribution is 1.87. The lowest BCUT2D eigenvalue weighted by molar-refractivity contribution is -0.148. The topological polar surface area (TPSA) is 54.4 Å². The maximum Gasteiger partial charge on any atom is 0.372 e. The molecule has 3 heteroatoms. The summed E-state index contributed by atoms with van der Waals surface area (Å²) in [5.41, 5.74) is 0. The molecule has 0 aromatic heterocycles. The quantitative estimate of drug-likeness (QED) is 0.470. The van der Waals surface area contributed by atoms with Crippen LogP contribution in [0.4, 0.5) is 0 Å². The Morgan fingerprint density at radius 1 is 1.40 bits per heavy atom. The molecule has 0 saturated heterocycles. The lowest BCUT2D eigenvalue weighted by Gasteiger charge is -1.85. The molecule has 0 heterocycles. The summed E-state index contributed by atoms with van der Waals surface area (Å²) in [5, 5.41) is 8.10. The first kappa shape index (κ1) is 8.88. The Labute approximate surface area is 59.4 Å². The van der Waals surface area contributed by atoms with Crippen molar-refractivity contribution in [2.45, 2.75) is 19.8 Å². The maximum atomic E-state index is 10.4. The molecule has 0 radical (unpaired) electrons. The SMILES string of the molecule is CC/C=C/CC(=O)C(=O)O. The minimum absolute atomic E-state index is 0.00315. The molecule has 0 aliphatic rings. The van der Waals surface area contributed by atoms with E-state index >= 15 is 0 Å². The second-order valence-electron chi connectivity index (χ2n) is 1.81. The smallest absolute Gasteiger partial charge is 0.372 e. The van der Waals surface area contributed by atoms with Crippen molar-refractivity contribution in [2.24, 2.45) is 0 Å². The highest BCUT2D eigenvalue weighted by molar-refractivity contribution is 6.33. The predicted octanol–water partition coefficient (Wildman–Crippen LogP) is 0.996. The number of carbonyl (C=O) groups excluding carboxylic acids is 1. The van der Waals surface area contributed by atoms with E-state index in [1.807, 2.05) is 6.92 Å². The van der Waals surface area contributed by atoms with Crippen LogP contribution in [0.5, 0.6) is 0 Å². The number of Topliss-reactive ketones (excluding diaryl/α,β-unsaturated/α-hetero) is 1. The molecule has 0 spiro atoms. The summed E-state index contributed by atoms with van der Waals surface area (Å²) in [6, 6.07) is 0. The van der Waals surface area contributed by atoms with Crippen LogP contribution in [0.3, 0.4) is 0 Å². The number of carbonyl (C=O) groups is 2. The van der Waals surface area contributed by atoms with Gasteiger partial charge in [-0.15, -0.1) is 0 Å². The molecule has 0 atom stereocenters. The standard InChI is InChI=1S/C7H10O3/c1-2-3-4-5-6(8)7(9)10/h3-4H,2,5H2,1H3,(H,9,10)/b4-3+. The number of hydrogen-bond donors (Lipinski definition) is 1. The van der Waals surface area contributed by atoms with Crippen molar-refractivity contribution in [3.63, 3.8) is 0 Å². The van der Waals surface area contributed by atoms with Crippen molar-refractivity contribution in [3.05, 3.63) is 12.2 Å². The molecule has 0 aromatic carbocycles. The largest absolute Gasteiger partial charge is 0.475 e. The Kier molecular flexibility index (Phi) is 4.20. The van der Waals surface area contributed by atoms with E-state index in [-0.39, 0.29) is 6.42 Å². The fourth-order valence-electron chi connectivity index (χ4n) is 0.444. The van der Waals surface area contributed by atoms with E-state index in [1.54, 1.807) is 12.2 Å². The van der Waals surface area contributed by atoms with Crippen LogP contribution in [0.15, 0.2) is 12.2 Å². The van der Waals surface area contributed by atoms with E-state index in [4.69, 9.17) is 5.11 Å². The van der Waals surface area contributed by atoms with Gasteiger partial charge < -0.3 is 5.11 Å². The van der Waals surface area contributed by atoms with E-state index in [1.165, 1.54) is 0 Å². The third kappa shape index (κ3) is 3.83. The minimum Gasteiger partial charge on any atom is -0.475 e. The molecule has 1 N–H and O–H groups in total. The summed E-state index contributed by atoms with van der Waals surface area (Å²) >= 11 is 0. The number of carboxylic acid groups (broad SMARTS) is 1. The van der Waals surface area contributed by atoms with Crippen LogP contribution >= 0.6 is 0 Å². The van der Waals surface area contributed by atoms with E-state index in [2.05, 4.69) is 0 Å². The van der Waals surface area contributed by atoms with Crippen LogP contribution in [0.1, 0.15) is 19.8 Å². The van der Waals surface area contributed by atoms with Crippen molar-refractivity contribution < 1.29 is 14.7 Å². The van der Waals surface area contributed by atoms with Gasteiger partial charge in [0.25, 0.3) is 0 Å². The molecule has 0 rings (SSSR count). The Bertz CT molecular complexity index is 158. The number of rotatable bonds is 4. The summed E-state index contributed by atoms with van der Waals surface area (Å²) in [5.74, 6) is -2.12. The Hall–Kier alpha value is -1.12. The molecule has 0 fully saturated rings. The van der Waals surface area contributed by atoms with Crippen molar-refractivity contribution in [1.82, 2.24) is 0 Å². The van der Waals surface area contributed by atoms with Crippen molar-refractivity contribution in [2.75, 3.05) is 0 Å². The predicted molar refractivity (Wildman–Crippen MR) is 36.7 cm³/mol. The number of hydrogen-bond acceptors (Lipinski definition) is 2. The first-order valence-corrected chi connectivity index (χ1v) is 3.09. The molecule has 56 valence electrons. The lowest BCUT2D eigenvalue weighted by Crippen LogP contribution is -2.10. The maximum absolute atomic E-state index is 10.4. The van der Waals surface area contributed by atoms with Gasteiger partial charge in [0.15, 0.2) is 0 Å². The molecule has 3 nitrogen and oxygen atoms in total. The second-order valence-corrected chi connectivity index (χ2v) is 1.81. The van der Waals surface area contributed by atoms with E-state index in [0.29, 0.717) is 0 Å². The number of carboxylic acids is 1. The third-order valence-electron chi connectivity index (χ3n) is 0.944. The van der Waals surface area contributed by atoms with Crippen LogP contribution < -0.4 is 0 Å². The zero-order chi connectivity index (χ0) is 7.98. The summed E-state index contributed by atoms with van der Waals surface area (Å²) in [6.45, 7) is 1.92. The summed E-state index contributed by atoms with van der Waals surface area (Å²) in [6.07, 6.45) is 4.16. The minimum atomic E-state index is -1.36. The van der Waals surface area contributed by atoms with Crippen LogP contribution in [0.25, 0.3) is 0 Å². The molecule has 0 aromatic rings. The molecular weight excluding hydrogens is 132 g/mol. The van der Waals surface area contributed by atoms with Crippen LogP contribution in [0.2, 0.25) is 0 Å². The Morgan fingerprint density at radius 2 is 2.00 bits per heavy atom. The van der Waals surface area contributed by atoms with Gasteiger partial charge in [0, 0.05) is 6.42 Å². The van der Waals surface area contributed by atoms with Crippen molar-refractivity contribution in [3.8, 4) is 0 Å². The van der Waals surface area contributed by atoms with Gasteiger partial charge in [-0.05, 0) is 6.42 Å². The normalized spacial score (nSPS) is 10.1. The van der Waals surface area contributed by atoms with Gasteiger partial charge in [-0.1, -0.05) is 19.1 Å². The molecule has 0 saturated carbocycles. The average molecular weight is 142 g/mol. The Balaban J connectivity index is 3.60. The molecular formula is C7H10O3. The number of allylic oxidation sites excluding steroid dienone is 2. The molecule has 0 amide bonds. The number of ketones is 1. The lowest BCUT2D eigenvalue weighted by atomic mass is 10.2. The average Bonchev–Trinajstić information content (AvgIpc) is 1.88. The van der Waals surface area contributed by atoms with Crippen LogP contribution in [0, 0.1) is 0 Å². The van der Waals surface area contributed by atoms with Gasteiger partial charge in [-0.2, -0.15) is 0 Å². The first-order valence-electron chi connectivity index (χ1n) is 3.09. The summed E-state index contributed by atoms with van der Waals surface area (Å²) in [4.78, 5) is 20.3. The van der Waals surface area contributed by atoms with E-state index in [9.17, 15) is 9.59 Å². The Morgan fingerprint density at radius 3 is 2.40 bits per heavy atom. The zero-order valence-corrected chi connectivity index (χ0v) is 5.83. The fourth-order valence-corrected chi connectivity index (χ4v) is 0.444. The van der Waals surface area contributed by atoms with Gasteiger partial charge in [0.05, 0.1) is 0 Å². The van der Waals surface area contributed by atoms with Gasteiger partial charge >= 0.3 is 5.97 Å². The van der Waals surface area contributed by atoms with Crippen LogP contribution in [-0.4, -0.2) is 16.9 Å². The highest BCUT2D eigenvalue weighted by Gasteiger charge is 2.06. The molecule has 0 unspecified atom stereocenters. The van der Waals surface area contributed by atoms with E-state index in [0.717, 1.165) is 6.42 Å². The number of aliphatic carboxylic acids is 1. The van der Waals surface area contributed by atoms with Crippen molar-refractivity contribution in [1.29, 1.82) is 0 Å². The summed E-state index contributed by atoms with van der Waals surface area (Å²) in [7, 11) is 0. The summed E-state index contributed by atoms with van der Waals surface area (Å²) < 4.78 is 0. The highest BCUT2D eigenvalue weighted by atomic mass is 16.4. The van der Waals surface area contributed by atoms with Crippen LogP contribution in [-0.2, 0) is 9.59 Å². The molecule has 0 aliphatic carbocycles. The van der Waals surface area contributed by atoms with Gasteiger partial charge in [-0.25, -0.2) is 4.79 Å². The van der Waals surface area contributed by atoms with Gasteiger partial charge in [0.1, 0.15) is 0 Å². The van der Waals surface area contributed by atoms with E-state index < -0.39 is 11.8 Å². The fraction of sp³-hybridized carbons (Fsp3) is 0.429. The molecule has 0 aliphatic heterocycles. The monoisotopic (exact) mass is 142 g/mol. The molecule has 10 heavy (non-hydrogen) atoms. The zero-order valence-electron chi connectivity index (χ0n) is 5.83. The molecule has 0 bridgehead atoms. The van der Waals surface area contributed by atoms with Gasteiger partial charge in [0.2, 0.25) is 5.78 Å². The first-order chi connectivity index (χ1) is 4.68.